The molecule has 10 heteroatoms. The first-order valence-electron chi connectivity index (χ1n) is 9.25. The van der Waals surface area contributed by atoms with Crippen LogP contribution < -0.4 is 15.5 Å². The summed E-state index contributed by atoms with van der Waals surface area (Å²) < 4.78 is 5.12. The molecule has 0 radical (unpaired) electrons. The number of nitro groups is 1. The van der Waals surface area contributed by atoms with E-state index >= 15 is 0 Å². The van der Waals surface area contributed by atoms with Crippen molar-refractivity contribution in [2.75, 3.05) is 31.1 Å². The number of piperidine rings is 1. The van der Waals surface area contributed by atoms with Gasteiger partial charge in [-0.1, -0.05) is 0 Å². The summed E-state index contributed by atoms with van der Waals surface area (Å²) in [4.78, 5) is 40.2. The van der Waals surface area contributed by atoms with Gasteiger partial charge in [0.05, 0.1) is 4.92 Å². The van der Waals surface area contributed by atoms with Gasteiger partial charge < -0.3 is 20.3 Å². The normalized spacial score (nSPS) is 15.0. The number of carbonyl (C=O) groups excluding carboxylic acids is 2. The van der Waals surface area contributed by atoms with E-state index in [1.807, 2.05) is 4.90 Å². The zero-order valence-electron chi connectivity index (χ0n) is 16.4. The molecule has 0 spiro atoms. The van der Waals surface area contributed by atoms with Crippen LogP contribution in [0.3, 0.4) is 0 Å². The van der Waals surface area contributed by atoms with Crippen LogP contribution in [0.2, 0.25) is 0 Å². The number of nitrogens with zero attached hydrogens (tertiary/aromatic N) is 3. The molecule has 1 saturated heterocycles. The summed E-state index contributed by atoms with van der Waals surface area (Å²) in [5.74, 6) is 0.532. The van der Waals surface area contributed by atoms with Crippen LogP contribution in [0.15, 0.2) is 18.3 Å². The smallest absolute Gasteiger partial charge is 0.407 e. The maximum absolute atomic E-state index is 12.3. The number of nitrogens with one attached hydrogen (secondary N) is 2. The van der Waals surface area contributed by atoms with Crippen LogP contribution in [-0.4, -0.2) is 53.7 Å². The Balaban J connectivity index is 1.69. The first-order chi connectivity index (χ1) is 13.2. The Labute approximate surface area is 163 Å². The molecule has 1 aliphatic heterocycles. The minimum atomic E-state index is -0.556. The number of anilines is 1. The third-order valence-electron chi connectivity index (χ3n) is 4.23. The molecule has 1 fully saturated rings. The molecule has 1 aromatic heterocycles. The van der Waals surface area contributed by atoms with Crippen LogP contribution in [0.25, 0.3) is 0 Å². The van der Waals surface area contributed by atoms with Crippen LogP contribution in [0.1, 0.15) is 33.6 Å². The van der Waals surface area contributed by atoms with Gasteiger partial charge in [-0.2, -0.15) is 0 Å². The van der Waals surface area contributed by atoms with Crippen molar-refractivity contribution in [3.8, 4) is 0 Å². The van der Waals surface area contributed by atoms with Crippen molar-refractivity contribution in [1.82, 2.24) is 15.6 Å². The molecule has 0 bridgehead atoms. The van der Waals surface area contributed by atoms with Gasteiger partial charge in [0.2, 0.25) is 5.91 Å². The van der Waals surface area contributed by atoms with Crippen LogP contribution in [0.5, 0.6) is 0 Å². The second-order valence-corrected chi connectivity index (χ2v) is 7.61. The Kier molecular flexibility index (Phi) is 7.13. The second-order valence-electron chi connectivity index (χ2n) is 7.61. The lowest BCUT2D eigenvalue weighted by molar-refractivity contribution is -0.385. The van der Waals surface area contributed by atoms with Gasteiger partial charge in [-0.25, -0.2) is 9.78 Å². The van der Waals surface area contributed by atoms with E-state index in [1.54, 1.807) is 26.8 Å². The molecule has 1 aliphatic rings. The summed E-state index contributed by atoms with van der Waals surface area (Å²) in [6.45, 7) is 7.29. The van der Waals surface area contributed by atoms with E-state index in [9.17, 15) is 19.7 Å². The van der Waals surface area contributed by atoms with E-state index in [4.69, 9.17) is 4.74 Å². The fourth-order valence-electron chi connectivity index (χ4n) is 2.85. The standard InChI is InChI=1S/C18H27N5O5/c1-18(2,3)28-17(25)20-9-8-19-16(24)13-6-10-22(11-7-13)15-5-4-14(12-21-15)23(26)27/h4-5,12-13H,6-11H2,1-3H3,(H,19,24)(H,20,25). The molecule has 2 heterocycles. The molecular formula is C18H27N5O5. The molecule has 0 aliphatic carbocycles. The number of alkyl carbamates (subject to hydrolysis) is 1. The molecule has 2 N–H and O–H groups in total. The number of hydrogen-bond acceptors (Lipinski definition) is 7. The van der Waals surface area contributed by atoms with Gasteiger partial charge in [0.15, 0.2) is 0 Å². The van der Waals surface area contributed by atoms with Crippen molar-refractivity contribution in [3.63, 3.8) is 0 Å². The van der Waals surface area contributed by atoms with Gasteiger partial charge in [0.1, 0.15) is 17.6 Å². The average Bonchev–Trinajstić information content (AvgIpc) is 2.64. The van der Waals surface area contributed by atoms with Crippen LogP contribution in [0.4, 0.5) is 16.3 Å². The number of amides is 2. The highest BCUT2D eigenvalue weighted by Crippen LogP contribution is 2.23. The first-order valence-corrected chi connectivity index (χ1v) is 9.25. The minimum absolute atomic E-state index is 0.0395. The van der Waals surface area contributed by atoms with E-state index < -0.39 is 16.6 Å². The molecule has 2 amide bonds. The second kappa shape index (κ2) is 9.34. The van der Waals surface area contributed by atoms with Gasteiger partial charge in [-0.3, -0.25) is 14.9 Å². The molecule has 154 valence electrons. The monoisotopic (exact) mass is 393 g/mol. The molecule has 28 heavy (non-hydrogen) atoms. The van der Waals surface area contributed by atoms with E-state index in [2.05, 4.69) is 15.6 Å². The van der Waals surface area contributed by atoms with Crippen molar-refractivity contribution in [1.29, 1.82) is 0 Å². The maximum Gasteiger partial charge on any atom is 0.407 e. The zero-order valence-corrected chi connectivity index (χ0v) is 16.4. The fourth-order valence-corrected chi connectivity index (χ4v) is 2.85. The van der Waals surface area contributed by atoms with Crippen LogP contribution >= 0.6 is 0 Å². The number of hydrogen-bond donors (Lipinski definition) is 2. The Hall–Kier alpha value is -2.91. The Morgan fingerprint density at radius 3 is 2.43 bits per heavy atom. The van der Waals surface area contributed by atoms with Crippen molar-refractivity contribution in [2.45, 2.75) is 39.2 Å². The minimum Gasteiger partial charge on any atom is -0.444 e. The van der Waals surface area contributed by atoms with E-state index in [0.717, 1.165) is 0 Å². The molecule has 0 saturated carbocycles. The largest absolute Gasteiger partial charge is 0.444 e. The Morgan fingerprint density at radius 1 is 1.25 bits per heavy atom. The molecule has 1 aromatic rings. The van der Waals surface area contributed by atoms with Crippen LogP contribution in [0, 0.1) is 16.0 Å². The molecule has 0 unspecified atom stereocenters. The summed E-state index contributed by atoms with van der Waals surface area (Å²) in [6, 6.07) is 3.06. The highest BCUT2D eigenvalue weighted by Gasteiger charge is 2.25. The van der Waals surface area contributed by atoms with Crippen molar-refractivity contribution < 1.29 is 19.2 Å². The molecule has 0 aromatic carbocycles. The Morgan fingerprint density at radius 2 is 1.89 bits per heavy atom. The summed E-state index contributed by atoms with van der Waals surface area (Å²) in [7, 11) is 0. The summed E-state index contributed by atoms with van der Waals surface area (Å²) in [5, 5.41) is 16.1. The fraction of sp³-hybridized carbons (Fsp3) is 0.611. The Bertz CT molecular complexity index is 693. The third-order valence-corrected chi connectivity index (χ3v) is 4.23. The highest BCUT2D eigenvalue weighted by atomic mass is 16.6. The van der Waals surface area contributed by atoms with E-state index in [-0.39, 0.29) is 17.5 Å². The SMILES string of the molecule is CC(C)(C)OC(=O)NCCNC(=O)C1CCN(c2ccc([N+](=O)[O-])cn2)CC1. The third kappa shape index (κ3) is 6.67. The van der Waals surface area contributed by atoms with E-state index in [1.165, 1.54) is 12.3 Å². The summed E-state index contributed by atoms with van der Waals surface area (Å²) in [6.07, 6.45) is 2.07. The number of rotatable bonds is 6. The zero-order chi connectivity index (χ0) is 20.7. The van der Waals surface area contributed by atoms with Gasteiger partial charge in [-0.15, -0.1) is 0 Å². The number of pyridine rings is 1. The quantitative estimate of drug-likeness (QED) is 0.429. The summed E-state index contributed by atoms with van der Waals surface area (Å²) in [5.41, 5.74) is -0.599. The van der Waals surface area contributed by atoms with Crippen molar-refractivity contribution in [2.24, 2.45) is 5.92 Å². The topological polar surface area (TPSA) is 127 Å². The number of carbonyl (C=O) groups is 2. The summed E-state index contributed by atoms with van der Waals surface area (Å²) >= 11 is 0. The molecular weight excluding hydrogens is 366 g/mol. The van der Waals surface area contributed by atoms with Crippen LogP contribution in [-0.2, 0) is 9.53 Å². The van der Waals surface area contributed by atoms with Gasteiger partial charge in [0, 0.05) is 38.2 Å². The first kappa shape index (κ1) is 21.4. The lowest BCUT2D eigenvalue weighted by Crippen LogP contribution is -2.43. The van der Waals surface area contributed by atoms with Crippen molar-refractivity contribution in [3.05, 3.63) is 28.4 Å². The predicted octanol–water partition coefficient (Wildman–Crippen LogP) is 1.85. The molecule has 10 nitrogen and oxygen atoms in total. The van der Waals surface area contributed by atoms with Gasteiger partial charge in [0.25, 0.3) is 5.69 Å². The molecule has 2 rings (SSSR count). The van der Waals surface area contributed by atoms with Gasteiger partial charge >= 0.3 is 6.09 Å². The number of ether oxygens (including phenoxy) is 1. The number of aromatic nitrogens is 1. The average molecular weight is 393 g/mol. The maximum atomic E-state index is 12.3. The van der Waals surface area contributed by atoms with Gasteiger partial charge in [-0.05, 0) is 39.7 Å². The highest BCUT2D eigenvalue weighted by molar-refractivity contribution is 5.79. The van der Waals surface area contributed by atoms with Crippen molar-refractivity contribution >= 4 is 23.5 Å². The van der Waals surface area contributed by atoms with E-state index in [0.29, 0.717) is 44.8 Å². The predicted molar refractivity (Wildman–Crippen MR) is 103 cm³/mol. The molecule has 0 atom stereocenters. The lowest BCUT2D eigenvalue weighted by atomic mass is 9.96. The lowest BCUT2D eigenvalue weighted by Gasteiger charge is -2.32.